The number of nitrogens with one attached hydrogen (secondary N) is 1. The lowest BCUT2D eigenvalue weighted by molar-refractivity contribution is -0.234. The molecule has 1 unspecified atom stereocenters. The van der Waals surface area contributed by atoms with E-state index in [1.807, 2.05) is 20.8 Å². The monoisotopic (exact) mass is 631 g/mol. The average Bonchev–Trinajstić information content (AvgIpc) is 2.84. The Labute approximate surface area is 245 Å². The highest BCUT2D eigenvalue weighted by Crippen LogP contribution is 2.28. The minimum Gasteiger partial charge on any atom is -0.458 e. The maximum atomic E-state index is 13.4. The fourth-order valence-electron chi connectivity index (χ4n) is 2.82. The smallest absolute Gasteiger partial charge is 0.448 e. The molecule has 232 valence electrons. The lowest BCUT2D eigenvalue weighted by atomic mass is 10.2. The standard InChI is InChI=1S/C25H43Cl3F3NO7/c1-6-9-12-34-15-20(32-23(33)37-17-24(26,27)28)22(38-19(5)25(29,30)31)39-21(16-35-13-10-7-2)18(4)36-14-11-8-3/h18,20-22H,5-17H2,1-4H3,(H,32,33)/t18-,20-,21?,22+/m0/s1. The summed E-state index contributed by atoms with van der Waals surface area (Å²) in [7, 11) is 0. The van der Waals surface area contributed by atoms with Crippen LogP contribution in [0.25, 0.3) is 0 Å². The van der Waals surface area contributed by atoms with Crippen molar-refractivity contribution in [3.8, 4) is 0 Å². The molecule has 0 radical (unpaired) electrons. The summed E-state index contributed by atoms with van der Waals surface area (Å²) in [6.07, 6.45) is -4.28. The van der Waals surface area contributed by atoms with Gasteiger partial charge in [0.15, 0.2) is 5.76 Å². The molecule has 0 spiro atoms. The Morgan fingerprint density at radius 1 is 0.923 bits per heavy atom. The zero-order valence-electron chi connectivity index (χ0n) is 23.1. The molecule has 0 rings (SSSR count). The minimum absolute atomic E-state index is 0.00671. The molecule has 0 saturated carbocycles. The quantitative estimate of drug-likeness (QED) is 0.0590. The summed E-state index contributed by atoms with van der Waals surface area (Å²) < 4.78 is 71.5. The number of hydrogen-bond acceptors (Lipinski definition) is 7. The van der Waals surface area contributed by atoms with Gasteiger partial charge in [-0.05, 0) is 26.2 Å². The van der Waals surface area contributed by atoms with Crippen molar-refractivity contribution in [2.75, 3.05) is 39.6 Å². The predicted molar refractivity (Wildman–Crippen MR) is 145 cm³/mol. The van der Waals surface area contributed by atoms with Crippen LogP contribution >= 0.6 is 34.8 Å². The highest BCUT2D eigenvalue weighted by atomic mass is 35.6. The number of alkyl halides is 6. The summed E-state index contributed by atoms with van der Waals surface area (Å²) in [4.78, 5) is 12.4. The topological polar surface area (TPSA) is 84.5 Å². The third-order valence-electron chi connectivity index (χ3n) is 5.15. The number of hydrogen-bond donors (Lipinski definition) is 1. The van der Waals surface area contributed by atoms with Gasteiger partial charge in [-0.15, -0.1) is 0 Å². The van der Waals surface area contributed by atoms with Crippen LogP contribution in [0.2, 0.25) is 0 Å². The van der Waals surface area contributed by atoms with E-state index in [0.717, 1.165) is 32.1 Å². The fraction of sp³-hybridized carbons (Fsp3) is 0.880. The molecule has 0 aromatic carbocycles. The van der Waals surface area contributed by atoms with Crippen LogP contribution in [0, 0.1) is 0 Å². The van der Waals surface area contributed by atoms with Gasteiger partial charge in [0.1, 0.15) is 18.8 Å². The van der Waals surface area contributed by atoms with E-state index in [1.54, 1.807) is 6.92 Å². The van der Waals surface area contributed by atoms with E-state index in [-0.39, 0.29) is 19.8 Å². The molecular weight excluding hydrogens is 590 g/mol. The Morgan fingerprint density at radius 3 is 1.97 bits per heavy atom. The molecule has 1 amide bonds. The van der Waals surface area contributed by atoms with Gasteiger partial charge in [0.25, 0.3) is 0 Å². The third-order valence-corrected chi connectivity index (χ3v) is 5.48. The molecule has 0 aliphatic rings. The van der Waals surface area contributed by atoms with Gasteiger partial charge in [-0.25, -0.2) is 4.79 Å². The fourth-order valence-corrected chi connectivity index (χ4v) is 2.99. The molecule has 0 heterocycles. The van der Waals surface area contributed by atoms with E-state index in [2.05, 4.69) is 11.9 Å². The summed E-state index contributed by atoms with van der Waals surface area (Å²) in [6, 6.07) is -1.27. The van der Waals surface area contributed by atoms with Crippen LogP contribution in [0.15, 0.2) is 12.3 Å². The number of amides is 1. The van der Waals surface area contributed by atoms with Gasteiger partial charge in [-0.1, -0.05) is 81.4 Å². The van der Waals surface area contributed by atoms with E-state index in [9.17, 15) is 18.0 Å². The Kier molecular flexibility index (Phi) is 20.7. The van der Waals surface area contributed by atoms with Gasteiger partial charge >= 0.3 is 12.3 Å². The first kappa shape index (κ1) is 38.3. The second-order valence-corrected chi connectivity index (χ2v) is 11.3. The normalized spacial score (nSPS) is 15.3. The van der Waals surface area contributed by atoms with Crippen LogP contribution in [0.3, 0.4) is 0 Å². The Hall–Kier alpha value is -0.690. The van der Waals surface area contributed by atoms with E-state index in [0.29, 0.717) is 19.6 Å². The summed E-state index contributed by atoms with van der Waals surface area (Å²) in [5, 5.41) is 2.39. The number of allylic oxidation sites excluding steroid dienone is 1. The maximum absolute atomic E-state index is 13.4. The van der Waals surface area contributed by atoms with Crippen molar-refractivity contribution < 1.29 is 46.4 Å². The highest BCUT2D eigenvalue weighted by Gasteiger charge is 2.40. The molecule has 0 aromatic rings. The molecule has 0 bridgehead atoms. The second-order valence-electron chi connectivity index (χ2n) is 8.81. The van der Waals surface area contributed by atoms with Gasteiger partial charge in [0.05, 0.1) is 19.3 Å². The van der Waals surface area contributed by atoms with Gasteiger partial charge in [0.2, 0.25) is 10.1 Å². The van der Waals surface area contributed by atoms with Crippen LogP contribution in [0.5, 0.6) is 0 Å². The Morgan fingerprint density at radius 2 is 1.46 bits per heavy atom. The molecular formula is C25H43Cl3F3NO7. The van der Waals surface area contributed by atoms with Crippen molar-refractivity contribution in [1.29, 1.82) is 0 Å². The molecule has 4 atom stereocenters. The van der Waals surface area contributed by atoms with Gasteiger partial charge < -0.3 is 33.7 Å². The molecule has 0 saturated heterocycles. The van der Waals surface area contributed by atoms with Crippen LogP contribution < -0.4 is 5.32 Å². The van der Waals surface area contributed by atoms with Crippen molar-refractivity contribution in [2.24, 2.45) is 0 Å². The number of alkyl carbamates (subject to hydrolysis) is 1. The van der Waals surface area contributed by atoms with Gasteiger partial charge in [-0.3, -0.25) is 0 Å². The van der Waals surface area contributed by atoms with Crippen molar-refractivity contribution in [1.82, 2.24) is 5.32 Å². The molecule has 0 aliphatic carbocycles. The Balaban J connectivity index is 5.98. The first-order chi connectivity index (χ1) is 18.2. The Bertz CT molecular complexity index is 670. The SMILES string of the molecule is C=C(O[C@H](OC(COCCCC)[C@H](C)OCCCC)[C@H](COCCCC)NC(=O)OCC(Cl)(Cl)Cl)C(F)(F)F. The summed E-state index contributed by atoms with van der Waals surface area (Å²) in [5.74, 6) is -1.52. The summed E-state index contributed by atoms with van der Waals surface area (Å²) >= 11 is 16.9. The third kappa shape index (κ3) is 19.9. The lowest BCUT2D eigenvalue weighted by Crippen LogP contribution is -2.52. The maximum Gasteiger partial charge on any atom is 0.448 e. The van der Waals surface area contributed by atoms with Crippen molar-refractivity contribution >= 4 is 40.9 Å². The first-order valence-electron chi connectivity index (χ1n) is 13.1. The van der Waals surface area contributed by atoms with Crippen LogP contribution in [0.1, 0.15) is 66.2 Å². The number of unbranched alkanes of at least 4 members (excludes halogenated alkanes) is 3. The van der Waals surface area contributed by atoms with Crippen LogP contribution in [0.4, 0.5) is 18.0 Å². The number of rotatable bonds is 22. The number of carbonyl (C=O) groups is 1. The van der Waals surface area contributed by atoms with Crippen molar-refractivity contribution in [2.45, 2.75) is 101 Å². The lowest BCUT2D eigenvalue weighted by Gasteiger charge is -2.34. The predicted octanol–water partition coefficient (Wildman–Crippen LogP) is 7.09. The number of ether oxygens (including phenoxy) is 6. The van der Waals surface area contributed by atoms with Gasteiger partial charge in [0, 0.05) is 19.8 Å². The summed E-state index contributed by atoms with van der Waals surface area (Å²) in [5.41, 5.74) is 0. The minimum atomic E-state index is -4.89. The highest BCUT2D eigenvalue weighted by molar-refractivity contribution is 6.67. The van der Waals surface area contributed by atoms with Crippen molar-refractivity contribution in [3.05, 3.63) is 12.3 Å². The molecule has 0 aliphatic heterocycles. The van der Waals surface area contributed by atoms with E-state index >= 15 is 0 Å². The van der Waals surface area contributed by atoms with Gasteiger partial charge in [-0.2, -0.15) is 13.2 Å². The molecule has 1 N–H and O–H groups in total. The molecule has 14 heteroatoms. The van der Waals surface area contributed by atoms with E-state index in [4.69, 9.17) is 63.2 Å². The van der Waals surface area contributed by atoms with Crippen LogP contribution in [-0.4, -0.2) is 80.2 Å². The summed E-state index contributed by atoms with van der Waals surface area (Å²) in [6.45, 7) is 10.9. The van der Waals surface area contributed by atoms with Crippen LogP contribution in [-0.2, 0) is 28.4 Å². The largest absolute Gasteiger partial charge is 0.458 e. The van der Waals surface area contributed by atoms with Crippen molar-refractivity contribution in [3.63, 3.8) is 0 Å². The molecule has 0 aromatic heterocycles. The average molecular weight is 633 g/mol. The zero-order valence-corrected chi connectivity index (χ0v) is 25.4. The number of halogens is 6. The molecule has 0 fully saturated rings. The first-order valence-corrected chi connectivity index (χ1v) is 14.2. The molecule has 39 heavy (non-hydrogen) atoms. The van der Waals surface area contributed by atoms with E-state index in [1.165, 1.54) is 0 Å². The second kappa shape index (κ2) is 21.1. The molecule has 8 nitrogen and oxygen atoms in total. The van der Waals surface area contributed by atoms with E-state index < -0.39 is 53.0 Å². The zero-order chi connectivity index (χ0) is 29.9. The number of carbonyl (C=O) groups excluding carboxylic acids is 1.